The summed E-state index contributed by atoms with van der Waals surface area (Å²) in [6.45, 7) is 4.09. The fraction of sp³-hybridized carbons (Fsp3) is 0.250. The van der Waals surface area contributed by atoms with Crippen LogP contribution in [0.3, 0.4) is 0 Å². The summed E-state index contributed by atoms with van der Waals surface area (Å²) in [4.78, 5) is 7.08. The Morgan fingerprint density at radius 3 is 2.71 bits per heavy atom. The minimum absolute atomic E-state index is 0.270. The van der Waals surface area contributed by atoms with Crippen LogP contribution in [0.15, 0.2) is 12.1 Å². The van der Waals surface area contributed by atoms with Crippen molar-refractivity contribution >= 4 is 38.9 Å². The topological polar surface area (TPSA) is 76.4 Å². The minimum Gasteiger partial charge on any atom is -0.337 e. The second kappa shape index (κ2) is 4.41. The molecular weight excluding hydrogens is 280 g/mol. The number of hydrogen-bond acceptors (Lipinski definition) is 3. The van der Waals surface area contributed by atoms with Crippen molar-refractivity contribution in [3.63, 3.8) is 0 Å². The molecule has 0 saturated heterocycles. The molecule has 0 radical (unpaired) electrons. The molecule has 5 heteroatoms. The van der Waals surface area contributed by atoms with E-state index in [2.05, 4.69) is 25.9 Å². The number of nitrogens with one attached hydrogen (secondary N) is 3. The van der Waals surface area contributed by atoms with E-state index in [4.69, 9.17) is 10.8 Å². The number of alkyl halides is 1. The molecule has 2 aromatic rings. The Bertz CT molecular complexity index is 561. The molecule has 0 amide bonds. The molecule has 0 fully saturated rings. The predicted molar refractivity (Wildman–Crippen MR) is 73.9 cm³/mol. The van der Waals surface area contributed by atoms with E-state index in [1.54, 1.807) is 0 Å². The van der Waals surface area contributed by atoms with Crippen LogP contribution in [-0.2, 0) is 0 Å². The summed E-state index contributed by atoms with van der Waals surface area (Å²) < 4.78 is 0. The van der Waals surface area contributed by atoms with Gasteiger partial charge in [-0.2, -0.15) is 0 Å². The van der Waals surface area contributed by atoms with Crippen molar-refractivity contribution in [3.05, 3.63) is 29.1 Å². The first-order valence-electron chi connectivity index (χ1n) is 5.23. The monoisotopic (exact) mass is 292 g/mol. The van der Waals surface area contributed by atoms with E-state index in [9.17, 15) is 0 Å². The third-order valence-electron chi connectivity index (χ3n) is 2.77. The van der Waals surface area contributed by atoms with Gasteiger partial charge in [-0.05, 0) is 37.1 Å². The molecule has 4 nitrogen and oxygen atoms in total. The smallest absolute Gasteiger partial charge is 0.153 e. The zero-order valence-corrected chi connectivity index (χ0v) is 11.2. The number of hydrogen-bond donors (Lipinski definition) is 3. The molecule has 0 aliphatic heterocycles. The van der Waals surface area contributed by atoms with Crippen LogP contribution in [0.5, 0.6) is 0 Å². The van der Waals surface area contributed by atoms with E-state index in [-0.39, 0.29) is 5.71 Å². The lowest BCUT2D eigenvalue weighted by molar-refractivity contribution is 1.24. The molecule has 0 aliphatic carbocycles. The fourth-order valence-electron chi connectivity index (χ4n) is 1.61. The molecule has 1 atom stereocenters. The maximum Gasteiger partial charge on any atom is 0.153 e. The number of aromatic amines is 1. The van der Waals surface area contributed by atoms with E-state index in [1.807, 2.05) is 26.0 Å². The Morgan fingerprint density at radius 1 is 1.41 bits per heavy atom. The highest BCUT2D eigenvalue weighted by atomic mass is 79.9. The molecular formula is C12H13BrN4. The van der Waals surface area contributed by atoms with Crippen molar-refractivity contribution in [1.82, 2.24) is 9.97 Å². The largest absolute Gasteiger partial charge is 0.337 e. The van der Waals surface area contributed by atoms with Crippen LogP contribution in [0, 0.1) is 24.7 Å². The summed E-state index contributed by atoms with van der Waals surface area (Å²) in [5, 5.41) is 15.0. The van der Waals surface area contributed by atoms with Gasteiger partial charge in [-0.15, -0.1) is 0 Å². The number of fused-ring (bicyclic) bond motifs is 1. The standard InChI is InChI=1S/C12H13BrN4/c1-6-3-9-10(4-7(6)2)17-12(16-9)11(15)8(13)5-14/h3-5,8,14-15H,1-2H3,(H,16,17). The van der Waals surface area contributed by atoms with E-state index in [0.29, 0.717) is 5.82 Å². The minimum atomic E-state index is -0.398. The zero-order valence-electron chi connectivity index (χ0n) is 9.63. The number of aromatic nitrogens is 2. The average molecular weight is 293 g/mol. The summed E-state index contributed by atoms with van der Waals surface area (Å²) in [6.07, 6.45) is 1.17. The molecule has 2 rings (SSSR count). The van der Waals surface area contributed by atoms with Gasteiger partial charge in [0.25, 0.3) is 0 Å². The molecule has 1 unspecified atom stereocenters. The molecule has 0 spiro atoms. The fourth-order valence-corrected chi connectivity index (χ4v) is 1.83. The summed E-state index contributed by atoms with van der Waals surface area (Å²) in [5.74, 6) is 0.510. The predicted octanol–water partition coefficient (Wildman–Crippen LogP) is 2.96. The first kappa shape index (κ1) is 12.0. The molecule has 0 saturated carbocycles. The van der Waals surface area contributed by atoms with E-state index in [0.717, 1.165) is 11.0 Å². The number of rotatable bonds is 3. The number of H-pyrrole nitrogens is 1. The molecule has 3 N–H and O–H groups in total. The Morgan fingerprint density at radius 2 is 2.06 bits per heavy atom. The Labute approximate surface area is 108 Å². The van der Waals surface area contributed by atoms with Crippen molar-refractivity contribution in [3.8, 4) is 0 Å². The lowest BCUT2D eigenvalue weighted by Crippen LogP contribution is -2.16. The lowest BCUT2D eigenvalue weighted by atomic mass is 10.1. The van der Waals surface area contributed by atoms with Crippen LogP contribution in [0.2, 0.25) is 0 Å². The zero-order chi connectivity index (χ0) is 12.6. The molecule has 17 heavy (non-hydrogen) atoms. The summed E-state index contributed by atoms with van der Waals surface area (Å²) in [7, 11) is 0. The van der Waals surface area contributed by atoms with E-state index in [1.165, 1.54) is 17.3 Å². The maximum atomic E-state index is 7.88. The van der Waals surface area contributed by atoms with Crippen molar-refractivity contribution < 1.29 is 0 Å². The third-order valence-corrected chi connectivity index (χ3v) is 3.50. The SMILES string of the molecule is Cc1cc2nc(C(=N)C(Br)C=N)[nH]c2cc1C. The van der Waals surface area contributed by atoms with Gasteiger partial charge in [0.05, 0.1) is 21.6 Å². The highest BCUT2D eigenvalue weighted by molar-refractivity contribution is 9.10. The van der Waals surface area contributed by atoms with Crippen molar-refractivity contribution in [1.29, 1.82) is 10.8 Å². The van der Waals surface area contributed by atoms with Gasteiger partial charge in [0.1, 0.15) is 0 Å². The molecule has 1 heterocycles. The van der Waals surface area contributed by atoms with E-state index >= 15 is 0 Å². The number of nitrogens with zero attached hydrogens (tertiary/aromatic N) is 1. The summed E-state index contributed by atoms with van der Waals surface area (Å²) >= 11 is 3.24. The van der Waals surface area contributed by atoms with Gasteiger partial charge < -0.3 is 10.4 Å². The van der Waals surface area contributed by atoms with Gasteiger partial charge in [0.15, 0.2) is 5.82 Å². The van der Waals surface area contributed by atoms with Crippen molar-refractivity contribution in [2.75, 3.05) is 0 Å². The Kier molecular flexibility index (Phi) is 3.11. The number of benzene rings is 1. The highest BCUT2D eigenvalue weighted by Crippen LogP contribution is 2.18. The number of imidazole rings is 1. The normalized spacial score (nSPS) is 12.6. The molecule has 0 aliphatic rings. The molecule has 88 valence electrons. The van der Waals surface area contributed by atoms with Crippen molar-refractivity contribution in [2.24, 2.45) is 0 Å². The van der Waals surface area contributed by atoms with Crippen LogP contribution in [0.1, 0.15) is 17.0 Å². The highest BCUT2D eigenvalue weighted by Gasteiger charge is 2.14. The van der Waals surface area contributed by atoms with Gasteiger partial charge in [-0.3, -0.25) is 5.41 Å². The van der Waals surface area contributed by atoms with Crippen molar-refractivity contribution in [2.45, 2.75) is 18.7 Å². The van der Waals surface area contributed by atoms with Gasteiger partial charge >= 0.3 is 0 Å². The van der Waals surface area contributed by atoms with Crippen LogP contribution in [0.25, 0.3) is 11.0 Å². The molecule has 1 aromatic heterocycles. The van der Waals surface area contributed by atoms with Gasteiger partial charge in [0.2, 0.25) is 0 Å². The van der Waals surface area contributed by atoms with E-state index < -0.39 is 4.83 Å². The average Bonchev–Trinajstić information content (AvgIpc) is 2.70. The van der Waals surface area contributed by atoms with Gasteiger partial charge in [0, 0.05) is 6.21 Å². The quantitative estimate of drug-likeness (QED) is 0.590. The Hall–Kier alpha value is -1.49. The first-order chi connectivity index (χ1) is 8.02. The van der Waals surface area contributed by atoms with Crippen LogP contribution in [0.4, 0.5) is 0 Å². The number of halogens is 1. The maximum absolute atomic E-state index is 7.88. The molecule has 1 aromatic carbocycles. The Balaban J connectivity index is 2.51. The first-order valence-corrected chi connectivity index (χ1v) is 6.15. The van der Waals surface area contributed by atoms with Gasteiger partial charge in [-0.1, -0.05) is 15.9 Å². The van der Waals surface area contributed by atoms with Gasteiger partial charge in [-0.25, -0.2) is 4.98 Å². The second-order valence-electron chi connectivity index (χ2n) is 4.02. The second-order valence-corrected chi connectivity index (χ2v) is 5.01. The summed E-state index contributed by atoms with van der Waals surface area (Å²) in [6, 6.07) is 4.04. The van der Waals surface area contributed by atoms with Crippen LogP contribution in [-0.4, -0.2) is 26.7 Å². The van der Waals surface area contributed by atoms with Crippen LogP contribution < -0.4 is 0 Å². The third kappa shape index (κ3) is 2.15. The lowest BCUT2D eigenvalue weighted by Gasteiger charge is -2.00. The van der Waals surface area contributed by atoms with Crippen LogP contribution >= 0.6 is 15.9 Å². The number of aryl methyl sites for hydroxylation is 2. The summed E-state index contributed by atoms with van der Waals surface area (Å²) in [5.41, 5.74) is 4.44. The molecule has 0 bridgehead atoms.